The first kappa shape index (κ1) is 20.1. The van der Waals surface area contributed by atoms with Crippen LogP contribution in [0.15, 0.2) is 58.5 Å². The lowest BCUT2D eigenvalue weighted by atomic mass is 10.3. The van der Waals surface area contributed by atoms with E-state index in [0.29, 0.717) is 39.1 Å². The molecule has 4 aromatic rings. The highest BCUT2D eigenvalue weighted by atomic mass is 32.2. The van der Waals surface area contributed by atoms with Gasteiger partial charge >= 0.3 is 0 Å². The van der Waals surface area contributed by atoms with E-state index in [-0.39, 0.29) is 24.0 Å². The van der Waals surface area contributed by atoms with Gasteiger partial charge in [0.05, 0.1) is 17.0 Å². The maximum Gasteiger partial charge on any atom is 0.283 e. The first-order valence-corrected chi connectivity index (χ1v) is 10.7. The number of nitrogens with zero attached hydrogens (tertiary/aromatic N) is 2. The molecule has 0 radical (unpaired) electrons. The van der Waals surface area contributed by atoms with Crippen LogP contribution >= 0.6 is 11.8 Å². The molecule has 10 heteroatoms. The van der Waals surface area contributed by atoms with E-state index in [1.807, 2.05) is 6.92 Å². The highest BCUT2D eigenvalue weighted by molar-refractivity contribution is 7.99. The number of hydrogen-bond acceptors (Lipinski definition) is 6. The summed E-state index contributed by atoms with van der Waals surface area (Å²) >= 11 is 1.11. The van der Waals surface area contributed by atoms with E-state index in [2.05, 4.69) is 15.3 Å². The number of H-pyrrole nitrogens is 1. The van der Waals surface area contributed by atoms with E-state index < -0.39 is 5.82 Å². The number of rotatable bonds is 5. The molecule has 0 spiro atoms. The average Bonchev–Trinajstić information content (AvgIpc) is 3.39. The van der Waals surface area contributed by atoms with Crippen LogP contribution in [0.3, 0.4) is 0 Å². The molecule has 0 aliphatic carbocycles. The molecular formula is C22H17FN4O4S. The summed E-state index contributed by atoms with van der Waals surface area (Å²) in [5, 5.41) is 3.13. The summed E-state index contributed by atoms with van der Waals surface area (Å²) < 4.78 is 25.4. The van der Waals surface area contributed by atoms with Gasteiger partial charge < -0.3 is 19.8 Å². The molecule has 2 aromatic carbocycles. The SMILES string of the molecule is Cc1cc2nc(SCC(=O)Nc3ccc4c(c3)OCO4)n(-c3ccc(F)cc3)c(=O)c2[nH]1. The number of aryl methyl sites for hydroxylation is 1. The van der Waals surface area contributed by atoms with Crippen LogP contribution in [0, 0.1) is 12.7 Å². The maximum atomic E-state index is 13.4. The van der Waals surface area contributed by atoms with E-state index >= 15 is 0 Å². The van der Waals surface area contributed by atoms with Crippen LogP contribution in [-0.4, -0.2) is 33.0 Å². The Hall–Kier alpha value is -3.79. The predicted molar refractivity (Wildman–Crippen MR) is 118 cm³/mol. The first-order chi connectivity index (χ1) is 15.5. The monoisotopic (exact) mass is 452 g/mol. The zero-order chi connectivity index (χ0) is 22.2. The number of hydrogen-bond donors (Lipinski definition) is 2. The third-order valence-electron chi connectivity index (χ3n) is 4.83. The van der Waals surface area contributed by atoms with E-state index in [1.165, 1.54) is 28.8 Å². The number of carbonyl (C=O) groups is 1. The molecule has 1 aliphatic rings. The minimum Gasteiger partial charge on any atom is -0.454 e. The second kappa shape index (κ2) is 8.04. The van der Waals surface area contributed by atoms with E-state index in [9.17, 15) is 14.0 Å². The fourth-order valence-corrected chi connectivity index (χ4v) is 4.21. The lowest BCUT2D eigenvalue weighted by Gasteiger charge is -2.12. The van der Waals surface area contributed by atoms with E-state index in [1.54, 1.807) is 24.3 Å². The number of carbonyl (C=O) groups excluding carboxylic acids is 1. The molecule has 0 bridgehead atoms. The second-order valence-corrected chi connectivity index (χ2v) is 8.07. The lowest BCUT2D eigenvalue weighted by molar-refractivity contribution is -0.113. The van der Waals surface area contributed by atoms with Gasteiger partial charge in [-0.1, -0.05) is 11.8 Å². The highest BCUT2D eigenvalue weighted by Crippen LogP contribution is 2.34. The fraction of sp³-hybridized carbons (Fsp3) is 0.136. The Morgan fingerprint density at radius 3 is 2.78 bits per heavy atom. The molecule has 1 aliphatic heterocycles. The Kier molecular flexibility index (Phi) is 5.06. The Bertz CT molecular complexity index is 1400. The van der Waals surface area contributed by atoms with Gasteiger partial charge in [-0.15, -0.1) is 0 Å². The predicted octanol–water partition coefficient (Wildman–Crippen LogP) is 3.62. The number of halogens is 1. The molecule has 162 valence electrons. The standard InChI is InChI=1S/C22H17FN4O4S/c1-12-8-16-20(24-12)21(29)27(15-5-2-13(23)3-6-15)22(26-16)32-10-19(28)25-14-4-7-17-18(9-14)31-11-30-17/h2-9,24H,10-11H2,1H3,(H,25,28). The number of aromatic amines is 1. The van der Waals surface area contributed by atoms with Gasteiger partial charge in [-0.2, -0.15) is 0 Å². The summed E-state index contributed by atoms with van der Waals surface area (Å²) in [5.41, 5.74) is 2.34. The zero-order valence-corrected chi connectivity index (χ0v) is 17.7. The Labute approximate surface area is 185 Å². The molecule has 0 unspecified atom stereocenters. The zero-order valence-electron chi connectivity index (χ0n) is 16.8. The first-order valence-electron chi connectivity index (χ1n) is 9.68. The molecular weight excluding hydrogens is 435 g/mol. The number of anilines is 1. The van der Waals surface area contributed by atoms with Crippen molar-refractivity contribution in [2.75, 3.05) is 17.9 Å². The van der Waals surface area contributed by atoms with Crippen molar-refractivity contribution in [1.29, 1.82) is 0 Å². The third-order valence-corrected chi connectivity index (χ3v) is 5.77. The number of thioether (sulfide) groups is 1. The molecule has 0 fully saturated rings. The van der Waals surface area contributed by atoms with Gasteiger partial charge in [0.25, 0.3) is 5.56 Å². The molecule has 2 aromatic heterocycles. The van der Waals surface area contributed by atoms with Crippen molar-refractivity contribution in [3.63, 3.8) is 0 Å². The highest BCUT2D eigenvalue weighted by Gasteiger charge is 2.18. The minimum atomic E-state index is -0.413. The Balaban J connectivity index is 1.42. The van der Waals surface area contributed by atoms with Crippen molar-refractivity contribution < 1.29 is 18.7 Å². The smallest absolute Gasteiger partial charge is 0.283 e. The second-order valence-electron chi connectivity index (χ2n) is 7.13. The van der Waals surface area contributed by atoms with Gasteiger partial charge in [0.1, 0.15) is 11.3 Å². The van der Waals surface area contributed by atoms with Crippen LogP contribution < -0.4 is 20.3 Å². The molecule has 32 heavy (non-hydrogen) atoms. The van der Waals surface area contributed by atoms with Gasteiger partial charge in [0, 0.05) is 17.4 Å². The van der Waals surface area contributed by atoms with Gasteiger partial charge in [0.15, 0.2) is 16.7 Å². The largest absolute Gasteiger partial charge is 0.454 e. The van der Waals surface area contributed by atoms with Gasteiger partial charge in [-0.05, 0) is 49.4 Å². The van der Waals surface area contributed by atoms with E-state index in [0.717, 1.165) is 17.5 Å². The molecule has 2 N–H and O–H groups in total. The van der Waals surface area contributed by atoms with E-state index in [4.69, 9.17) is 9.47 Å². The summed E-state index contributed by atoms with van der Waals surface area (Å²) in [4.78, 5) is 33.3. The summed E-state index contributed by atoms with van der Waals surface area (Å²) in [6.45, 7) is 1.98. The third kappa shape index (κ3) is 3.80. The molecule has 0 atom stereocenters. The van der Waals surface area contributed by atoms with Crippen molar-refractivity contribution in [3.05, 3.63) is 70.4 Å². The number of nitrogens with one attached hydrogen (secondary N) is 2. The van der Waals surface area contributed by atoms with Crippen LogP contribution in [0.2, 0.25) is 0 Å². The fourth-order valence-electron chi connectivity index (χ4n) is 3.39. The van der Waals surface area contributed by atoms with Gasteiger partial charge in [-0.25, -0.2) is 9.37 Å². The Morgan fingerprint density at radius 2 is 1.97 bits per heavy atom. The minimum absolute atomic E-state index is 0.0109. The summed E-state index contributed by atoms with van der Waals surface area (Å²) in [5.74, 6) is 0.510. The van der Waals surface area contributed by atoms with Crippen molar-refractivity contribution >= 4 is 34.4 Å². The summed E-state index contributed by atoms with van der Waals surface area (Å²) in [6.07, 6.45) is 0. The number of fused-ring (bicyclic) bond motifs is 2. The molecule has 0 saturated heterocycles. The molecule has 3 heterocycles. The summed E-state index contributed by atoms with van der Waals surface area (Å²) in [6, 6.07) is 12.4. The van der Waals surface area contributed by atoms with Gasteiger partial charge in [0.2, 0.25) is 12.7 Å². The topological polar surface area (TPSA) is 98.2 Å². The van der Waals surface area contributed by atoms with Crippen LogP contribution in [0.5, 0.6) is 11.5 Å². The molecule has 8 nitrogen and oxygen atoms in total. The van der Waals surface area contributed by atoms with Gasteiger partial charge in [-0.3, -0.25) is 14.2 Å². The van der Waals surface area contributed by atoms with Crippen molar-refractivity contribution in [2.24, 2.45) is 0 Å². The van der Waals surface area contributed by atoms with Crippen molar-refractivity contribution in [3.8, 4) is 17.2 Å². The normalized spacial score (nSPS) is 12.3. The van der Waals surface area contributed by atoms with Crippen LogP contribution in [0.4, 0.5) is 10.1 Å². The maximum absolute atomic E-state index is 13.4. The molecule has 5 rings (SSSR count). The number of benzene rings is 2. The number of aromatic nitrogens is 3. The Morgan fingerprint density at radius 1 is 1.19 bits per heavy atom. The van der Waals surface area contributed by atoms with Crippen LogP contribution in [-0.2, 0) is 4.79 Å². The average molecular weight is 452 g/mol. The van der Waals surface area contributed by atoms with Crippen LogP contribution in [0.25, 0.3) is 16.7 Å². The molecule has 0 saturated carbocycles. The lowest BCUT2D eigenvalue weighted by Crippen LogP contribution is -2.23. The van der Waals surface area contributed by atoms with Crippen LogP contribution in [0.1, 0.15) is 5.69 Å². The number of amides is 1. The molecule has 1 amide bonds. The quantitative estimate of drug-likeness (QED) is 0.355. The summed E-state index contributed by atoms with van der Waals surface area (Å²) in [7, 11) is 0. The number of ether oxygens (including phenoxy) is 2. The van der Waals surface area contributed by atoms with Crippen molar-refractivity contribution in [2.45, 2.75) is 12.1 Å². The van der Waals surface area contributed by atoms with Crippen molar-refractivity contribution in [1.82, 2.24) is 14.5 Å².